The number of hydrogen-bond acceptors (Lipinski definition) is 2. The predicted molar refractivity (Wildman–Crippen MR) is 43.1 cm³/mol. The summed E-state index contributed by atoms with van der Waals surface area (Å²) in [6.07, 6.45) is 2.87. The number of amides is 2. The maximum Gasteiger partial charge on any atom is 0.230 e. The molecule has 0 aromatic rings. The van der Waals surface area contributed by atoms with Crippen molar-refractivity contribution < 1.29 is 9.59 Å². The van der Waals surface area contributed by atoms with Crippen molar-refractivity contribution in [2.24, 2.45) is 17.8 Å². The Balaban J connectivity index is 2.17. The molecule has 2 aliphatic rings. The lowest BCUT2D eigenvalue weighted by molar-refractivity contribution is -0.126. The fraction of sp³-hybridized carbons (Fsp3) is 0.778. The second-order valence-electron chi connectivity index (χ2n) is 3.98. The van der Waals surface area contributed by atoms with Gasteiger partial charge in [0.2, 0.25) is 11.8 Å². The molecule has 2 rings (SSSR count). The highest BCUT2D eigenvalue weighted by Crippen LogP contribution is 2.36. The summed E-state index contributed by atoms with van der Waals surface area (Å²) in [5.74, 6) is 0.492. The fourth-order valence-corrected chi connectivity index (χ4v) is 2.29. The fourth-order valence-electron chi connectivity index (χ4n) is 2.29. The average Bonchev–Trinajstić information content (AvgIpc) is 2.28. The van der Waals surface area contributed by atoms with Crippen LogP contribution in [0.1, 0.15) is 26.2 Å². The van der Waals surface area contributed by atoms with Crippen LogP contribution < -0.4 is 5.32 Å². The molecule has 3 heteroatoms. The van der Waals surface area contributed by atoms with E-state index in [0.29, 0.717) is 5.92 Å². The third-order valence-electron chi connectivity index (χ3n) is 3.03. The molecule has 0 unspecified atom stereocenters. The van der Waals surface area contributed by atoms with Crippen LogP contribution in [-0.4, -0.2) is 11.8 Å². The molecular formula is C9H13NO2. The molecule has 1 heterocycles. The first-order valence-corrected chi connectivity index (χ1v) is 4.53. The van der Waals surface area contributed by atoms with Crippen LogP contribution in [0.15, 0.2) is 0 Å². The third-order valence-corrected chi connectivity index (χ3v) is 3.03. The Morgan fingerprint density at radius 1 is 1.17 bits per heavy atom. The van der Waals surface area contributed by atoms with Crippen LogP contribution >= 0.6 is 0 Å². The number of hydrogen-bond donors (Lipinski definition) is 1. The summed E-state index contributed by atoms with van der Waals surface area (Å²) in [4.78, 5) is 22.4. The second-order valence-corrected chi connectivity index (χ2v) is 3.98. The van der Waals surface area contributed by atoms with Crippen LogP contribution in [0.3, 0.4) is 0 Å². The van der Waals surface area contributed by atoms with Gasteiger partial charge in [0, 0.05) is 5.92 Å². The van der Waals surface area contributed by atoms with Crippen LogP contribution in [0.2, 0.25) is 0 Å². The van der Waals surface area contributed by atoms with E-state index in [9.17, 15) is 9.59 Å². The molecular weight excluding hydrogens is 154 g/mol. The van der Waals surface area contributed by atoms with Crippen molar-refractivity contribution in [3.8, 4) is 0 Å². The minimum atomic E-state index is -0.0449. The quantitative estimate of drug-likeness (QED) is 0.540. The molecule has 2 amide bonds. The molecule has 0 radical (unpaired) electrons. The summed E-state index contributed by atoms with van der Waals surface area (Å²) in [5.41, 5.74) is 0. The Bertz CT molecular complexity index is 237. The molecule has 3 nitrogen and oxygen atoms in total. The van der Waals surface area contributed by atoms with Crippen molar-refractivity contribution in [1.82, 2.24) is 5.32 Å². The molecule has 0 bridgehead atoms. The summed E-state index contributed by atoms with van der Waals surface area (Å²) in [6.45, 7) is 2.15. The van der Waals surface area contributed by atoms with Crippen molar-refractivity contribution in [2.75, 3.05) is 0 Å². The van der Waals surface area contributed by atoms with Gasteiger partial charge in [0.05, 0.1) is 5.92 Å². The van der Waals surface area contributed by atoms with Gasteiger partial charge in [0.15, 0.2) is 0 Å². The first-order chi connectivity index (χ1) is 5.68. The highest BCUT2D eigenvalue weighted by Gasteiger charge is 2.44. The number of carbonyl (C=O) groups excluding carboxylic acids is 2. The van der Waals surface area contributed by atoms with Gasteiger partial charge < -0.3 is 0 Å². The normalized spacial score (nSPS) is 40.9. The van der Waals surface area contributed by atoms with Gasteiger partial charge in [-0.2, -0.15) is 0 Å². The summed E-state index contributed by atoms with van der Waals surface area (Å²) in [7, 11) is 0. The minimum absolute atomic E-state index is 0.00583. The lowest BCUT2D eigenvalue weighted by Crippen LogP contribution is -2.25. The van der Waals surface area contributed by atoms with Gasteiger partial charge in [-0.15, -0.1) is 0 Å². The number of fused-ring (bicyclic) bond motifs is 1. The van der Waals surface area contributed by atoms with Crippen molar-refractivity contribution >= 4 is 11.8 Å². The van der Waals surface area contributed by atoms with Gasteiger partial charge in [-0.1, -0.05) is 6.92 Å². The van der Waals surface area contributed by atoms with Crippen molar-refractivity contribution in [1.29, 1.82) is 0 Å². The van der Waals surface area contributed by atoms with E-state index in [4.69, 9.17) is 0 Å². The minimum Gasteiger partial charge on any atom is -0.296 e. The first kappa shape index (κ1) is 7.77. The zero-order chi connectivity index (χ0) is 8.72. The van der Waals surface area contributed by atoms with Gasteiger partial charge in [-0.25, -0.2) is 0 Å². The van der Waals surface area contributed by atoms with E-state index in [-0.39, 0.29) is 23.7 Å². The van der Waals surface area contributed by atoms with Crippen molar-refractivity contribution in [3.05, 3.63) is 0 Å². The van der Waals surface area contributed by atoms with Crippen LogP contribution in [-0.2, 0) is 9.59 Å². The second kappa shape index (κ2) is 2.57. The zero-order valence-corrected chi connectivity index (χ0v) is 7.17. The van der Waals surface area contributed by atoms with E-state index < -0.39 is 0 Å². The Morgan fingerprint density at radius 2 is 1.83 bits per heavy atom. The summed E-state index contributed by atoms with van der Waals surface area (Å²) in [6, 6.07) is 0. The highest BCUT2D eigenvalue weighted by atomic mass is 16.2. The molecule has 66 valence electrons. The van der Waals surface area contributed by atoms with Crippen LogP contribution in [0.5, 0.6) is 0 Å². The Labute approximate surface area is 71.5 Å². The van der Waals surface area contributed by atoms with Crippen molar-refractivity contribution in [3.63, 3.8) is 0 Å². The molecule has 1 saturated carbocycles. The van der Waals surface area contributed by atoms with E-state index in [1.807, 2.05) is 0 Å². The van der Waals surface area contributed by atoms with Crippen LogP contribution in [0, 0.1) is 17.8 Å². The Morgan fingerprint density at radius 3 is 2.58 bits per heavy atom. The lowest BCUT2D eigenvalue weighted by atomic mass is 9.76. The van der Waals surface area contributed by atoms with E-state index in [0.717, 1.165) is 19.3 Å². The summed E-state index contributed by atoms with van der Waals surface area (Å²) >= 11 is 0. The Hall–Kier alpha value is -0.860. The van der Waals surface area contributed by atoms with Gasteiger partial charge in [0.25, 0.3) is 0 Å². The molecule has 0 aromatic heterocycles. The monoisotopic (exact) mass is 167 g/mol. The third kappa shape index (κ3) is 1.04. The predicted octanol–water partition coefficient (Wildman–Crippen LogP) is 0.695. The molecule has 3 atom stereocenters. The molecule has 2 fully saturated rings. The van der Waals surface area contributed by atoms with E-state index in [2.05, 4.69) is 12.2 Å². The molecule has 1 saturated heterocycles. The van der Waals surface area contributed by atoms with E-state index >= 15 is 0 Å². The van der Waals surface area contributed by atoms with Gasteiger partial charge in [-0.3, -0.25) is 14.9 Å². The average molecular weight is 167 g/mol. The maximum absolute atomic E-state index is 11.2. The number of nitrogens with one attached hydrogen (secondary N) is 1. The molecule has 1 N–H and O–H groups in total. The van der Waals surface area contributed by atoms with Crippen molar-refractivity contribution in [2.45, 2.75) is 26.2 Å². The molecule has 0 spiro atoms. The largest absolute Gasteiger partial charge is 0.296 e. The zero-order valence-electron chi connectivity index (χ0n) is 7.17. The van der Waals surface area contributed by atoms with Gasteiger partial charge in [-0.05, 0) is 25.2 Å². The highest BCUT2D eigenvalue weighted by molar-refractivity contribution is 6.05. The maximum atomic E-state index is 11.2. The molecule has 1 aliphatic carbocycles. The lowest BCUT2D eigenvalue weighted by Gasteiger charge is -2.25. The summed E-state index contributed by atoms with van der Waals surface area (Å²) in [5, 5.41) is 2.40. The van der Waals surface area contributed by atoms with Gasteiger partial charge >= 0.3 is 0 Å². The molecule has 12 heavy (non-hydrogen) atoms. The van der Waals surface area contributed by atoms with E-state index in [1.165, 1.54) is 0 Å². The molecule has 0 aromatic carbocycles. The number of carbonyl (C=O) groups is 2. The molecule has 1 aliphatic heterocycles. The topological polar surface area (TPSA) is 46.2 Å². The summed E-state index contributed by atoms with van der Waals surface area (Å²) < 4.78 is 0. The van der Waals surface area contributed by atoms with Crippen LogP contribution in [0.4, 0.5) is 0 Å². The standard InChI is InChI=1S/C9H13NO2/c1-5-2-3-6-7(4-5)9(12)10-8(6)11/h5-7H,2-4H2,1H3,(H,10,11,12)/t5-,6-,7+/m1/s1. The first-order valence-electron chi connectivity index (χ1n) is 4.53. The van der Waals surface area contributed by atoms with E-state index in [1.54, 1.807) is 0 Å². The smallest absolute Gasteiger partial charge is 0.230 e. The number of rotatable bonds is 0. The van der Waals surface area contributed by atoms with Crippen LogP contribution in [0.25, 0.3) is 0 Å². The Kier molecular flexibility index (Phi) is 1.67. The van der Waals surface area contributed by atoms with Gasteiger partial charge in [0.1, 0.15) is 0 Å². The SMILES string of the molecule is C[C@@H]1CC[C@H]2C(=O)NC(=O)[C@H]2C1. The number of imide groups is 1.